The average Bonchev–Trinajstić information content (AvgIpc) is 3.14. The first kappa shape index (κ1) is 14.7. The van der Waals surface area contributed by atoms with E-state index in [-0.39, 0.29) is 6.61 Å². The first-order valence-electron chi connectivity index (χ1n) is 8.50. The lowest BCUT2D eigenvalue weighted by Gasteiger charge is -2.26. The van der Waals surface area contributed by atoms with E-state index in [4.69, 9.17) is 5.11 Å². The Morgan fingerprint density at radius 3 is 2.26 bits per heavy atom. The smallest absolute Gasteiger partial charge is 0.0681 e. The first-order valence-corrected chi connectivity index (χ1v) is 8.50. The van der Waals surface area contributed by atoms with Gasteiger partial charge in [-0.2, -0.15) is 0 Å². The molecule has 0 aliphatic carbocycles. The van der Waals surface area contributed by atoms with Crippen molar-refractivity contribution in [2.75, 3.05) is 31.6 Å². The number of likely N-dealkylation sites (N-methyl/N-ethyl adjacent to an activating group) is 1. The molecule has 2 atom stereocenters. The van der Waals surface area contributed by atoms with Gasteiger partial charge in [0.15, 0.2) is 0 Å². The summed E-state index contributed by atoms with van der Waals surface area (Å²) in [5, 5.41) is 9.14. The molecule has 0 amide bonds. The van der Waals surface area contributed by atoms with E-state index < -0.39 is 0 Å². The van der Waals surface area contributed by atoms with Crippen LogP contribution in [0.5, 0.6) is 0 Å². The Kier molecular flexibility index (Phi) is 3.83. The van der Waals surface area contributed by atoms with E-state index in [0.29, 0.717) is 6.04 Å². The van der Waals surface area contributed by atoms with E-state index in [1.165, 1.54) is 42.9 Å². The molecule has 0 bridgehead atoms. The molecule has 3 nitrogen and oxygen atoms in total. The fraction of sp³-hybridized carbons (Fsp3) is 0.400. The summed E-state index contributed by atoms with van der Waals surface area (Å²) in [4.78, 5) is 5.05. The maximum Gasteiger partial charge on any atom is 0.0681 e. The Hall–Kier alpha value is -1.84. The number of hydrogen-bond acceptors (Lipinski definition) is 3. The maximum atomic E-state index is 9.14. The van der Waals surface area contributed by atoms with Crippen molar-refractivity contribution in [3.8, 4) is 11.1 Å². The monoisotopic (exact) mass is 308 g/mol. The van der Waals surface area contributed by atoms with E-state index >= 15 is 0 Å². The van der Waals surface area contributed by atoms with Crippen LogP contribution in [0.4, 0.5) is 5.69 Å². The quantitative estimate of drug-likeness (QED) is 0.944. The predicted octanol–water partition coefficient (Wildman–Crippen LogP) is 2.99. The van der Waals surface area contributed by atoms with Crippen molar-refractivity contribution in [3.63, 3.8) is 0 Å². The molecule has 2 fully saturated rings. The van der Waals surface area contributed by atoms with Gasteiger partial charge in [0.1, 0.15) is 0 Å². The highest BCUT2D eigenvalue weighted by atomic mass is 16.3. The zero-order chi connectivity index (χ0) is 15.8. The molecular weight excluding hydrogens is 284 g/mol. The molecule has 4 rings (SSSR count). The van der Waals surface area contributed by atoms with Crippen LogP contribution in [-0.2, 0) is 6.61 Å². The number of rotatable bonds is 3. The van der Waals surface area contributed by atoms with Gasteiger partial charge in [0.05, 0.1) is 6.61 Å². The number of benzene rings is 2. The van der Waals surface area contributed by atoms with Gasteiger partial charge in [-0.3, -0.25) is 0 Å². The summed E-state index contributed by atoms with van der Waals surface area (Å²) in [6, 6.07) is 17.8. The summed E-state index contributed by atoms with van der Waals surface area (Å²) < 4.78 is 0. The number of hydrogen-bond donors (Lipinski definition) is 1. The zero-order valence-electron chi connectivity index (χ0n) is 13.7. The van der Waals surface area contributed by atoms with Gasteiger partial charge in [-0.1, -0.05) is 36.4 Å². The highest BCUT2D eigenvalue weighted by molar-refractivity contribution is 5.67. The summed E-state index contributed by atoms with van der Waals surface area (Å²) >= 11 is 0. The molecule has 23 heavy (non-hydrogen) atoms. The number of nitrogens with zero attached hydrogens (tertiary/aromatic N) is 2. The molecular formula is C20H24N2O. The predicted molar refractivity (Wildman–Crippen MR) is 94.5 cm³/mol. The van der Waals surface area contributed by atoms with Crippen LogP contribution in [0.1, 0.15) is 12.0 Å². The highest BCUT2D eigenvalue weighted by Crippen LogP contribution is 2.35. The summed E-state index contributed by atoms with van der Waals surface area (Å²) in [6.07, 6.45) is 1.32. The van der Waals surface area contributed by atoms with Crippen molar-refractivity contribution in [2.45, 2.75) is 19.1 Å². The van der Waals surface area contributed by atoms with Crippen molar-refractivity contribution < 1.29 is 5.11 Å². The van der Waals surface area contributed by atoms with Crippen molar-refractivity contribution in [1.82, 2.24) is 4.90 Å². The molecule has 0 aromatic heterocycles. The van der Waals surface area contributed by atoms with Gasteiger partial charge in [0.25, 0.3) is 0 Å². The third kappa shape index (κ3) is 2.75. The average molecular weight is 308 g/mol. The standard InChI is InChI=1S/C20H24N2O/c1-21-12-18-10-11-22(20(18)13-21)19-8-6-17(7-9-19)16-4-2-15(14-23)3-5-16/h2-9,18,20,23H,10-14H2,1H3/t18-,20+/m1/s1. The third-order valence-electron chi connectivity index (χ3n) is 5.40. The normalized spacial score (nSPS) is 24.2. The minimum absolute atomic E-state index is 0.102. The zero-order valence-corrected chi connectivity index (χ0v) is 13.7. The minimum Gasteiger partial charge on any atom is -0.392 e. The van der Waals surface area contributed by atoms with Gasteiger partial charge < -0.3 is 14.9 Å². The van der Waals surface area contributed by atoms with E-state index in [1.807, 2.05) is 12.1 Å². The molecule has 2 saturated heterocycles. The van der Waals surface area contributed by atoms with Crippen LogP contribution in [0.25, 0.3) is 11.1 Å². The van der Waals surface area contributed by atoms with Crippen LogP contribution in [0.3, 0.4) is 0 Å². The van der Waals surface area contributed by atoms with E-state index in [2.05, 4.69) is 53.2 Å². The van der Waals surface area contributed by atoms with Crippen LogP contribution in [0.15, 0.2) is 48.5 Å². The lowest BCUT2D eigenvalue weighted by Crippen LogP contribution is -2.34. The van der Waals surface area contributed by atoms with Crippen LogP contribution in [-0.4, -0.2) is 42.7 Å². The fourth-order valence-corrected chi connectivity index (χ4v) is 4.14. The number of aliphatic hydroxyl groups is 1. The summed E-state index contributed by atoms with van der Waals surface area (Å²) in [5.41, 5.74) is 4.74. The topological polar surface area (TPSA) is 26.7 Å². The Morgan fingerprint density at radius 1 is 0.957 bits per heavy atom. The molecule has 2 heterocycles. The van der Waals surface area contributed by atoms with Crippen LogP contribution in [0, 0.1) is 5.92 Å². The van der Waals surface area contributed by atoms with Gasteiger partial charge in [0.2, 0.25) is 0 Å². The van der Waals surface area contributed by atoms with E-state index in [1.54, 1.807) is 0 Å². The molecule has 120 valence electrons. The number of anilines is 1. The second kappa shape index (κ2) is 5.99. The van der Waals surface area contributed by atoms with Crippen LogP contribution >= 0.6 is 0 Å². The van der Waals surface area contributed by atoms with Crippen molar-refractivity contribution >= 4 is 5.69 Å². The molecule has 2 aliphatic heterocycles. The SMILES string of the molecule is CN1C[C@H]2CCN(c3ccc(-c4ccc(CO)cc4)cc3)[C@H]2C1. The second-order valence-corrected chi connectivity index (χ2v) is 6.93. The minimum atomic E-state index is 0.102. The number of fused-ring (bicyclic) bond motifs is 1. The molecule has 0 radical (unpaired) electrons. The first-order chi connectivity index (χ1) is 11.2. The number of likely N-dealkylation sites (tertiary alicyclic amines) is 1. The molecule has 0 spiro atoms. The van der Waals surface area contributed by atoms with Crippen molar-refractivity contribution in [1.29, 1.82) is 0 Å². The molecule has 0 unspecified atom stereocenters. The van der Waals surface area contributed by atoms with Gasteiger partial charge in [-0.05, 0) is 48.2 Å². The molecule has 1 N–H and O–H groups in total. The Morgan fingerprint density at radius 2 is 1.61 bits per heavy atom. The maximum absolute atomic E-state index is 9.14. The van der Waals surface area contributed by atoms with Gasteiger partial charge in [-0.25, -0.2) is 0 Å². The Labute approximate surface area is 138 Å². The van der Waals surface area contributed by atoms with Crippen molar-refractivity contribution in [3.05, 3.63) is 54.1 Å². The Balaban J connectivity index is 1.53. The van der Waals surface area contributed by atoms with Gasteiger partial charge >= 0.3 is 0 Å². The summed E-state index contributed by atoms with van der Waals surface area (Å²) in [5.74, 6) is 0.839. The molecule has 2 aliphatic rings. The van der Waals surface area contributed by atoms with Gasteiger partial charge in [0, 0.05) is 31.4 Å². The summed E-state index contributed by atoms with van der Waals surface area (Å²) in [7, 11) is 2.23. The molecule has 2 aromatic rings. The summed E-state index contributed by atoms with van der Waals surface area (Å²) in [6.45, 7) is 3.73. The number of aliphatic hydroxyl groups excluding tert-OH is 1. The second-order valence-electron chi connectivity index (χ2n) is 6.93. The third-order valence-corrected chi connectivity index (χ3v) is 5.40. The van der Waals surface area contributed by atoms with Crippen molar-refractivity contribution in [2.24, 2.45) is 5.92 Å². The van der Waals surface area contributed by atoms with E-state index in [0.717, 1.165) is 11.5 Å². The Bertz CT molecular complexity index is 665. The molecule has 3 heteroatoms. The van der Waals surface area contributed by atoms with Gasteiger partial charge in [-0.15, -0.1) is 0 Å². The lowest BCUT2D eigenvalue weighted by atomic mass is 10.0. The van der Waals surface area contributed by atoms with Crippen LogP contribution in [0.2, 0.25) is 0 Å². The fourth-order valence-electron chi connectivity index (χ4n) is 4.14. The molecule has 0 saturated carbocycles. The van der Waals surface area contributed by atoms with Crippen LogP contribution < -0.4 is 4.90 Å². The van der Waals surface area contributed by atoms with E-state index in [9.17, 15) is 0 Å². The molecule has 2 aromatic carbocycles. The largest absolute Gasteiger partial charge is 0.392 e. The lowest BCUT2D eigenvalue weighted by molar-refractivity contribution is 0.282. The highest BCUT2D eigenvalue weighted by Gasteiger charge is 2.39.